The summed E-state index contributed by atoms with van der Waals surface area (Å²) in [6.07, 6.45) is 3.03. The molecule has 1 amide bonds. The van der Waals surface area contributed by atoms with Crippen LogP contribution in [0.1, 0.15) is 41.0 Å². The Labute approximate surface area is 231 Å². The molecule has 4 rings (SSSR count). The Morgan fingerprint density at radius 1 is 1.00 bits per heavy atom. The Bertz CT molecular complexity index is 1500. The van der Waals surface area contributed by atoms with Gasteiger partial charge in [0.25, 0.3) is 21.6 Å². The summed E-state index contributed by atoms with van der Waals surface area (Å²) in [5.41, 5.74) is 2.24. The molecule has 2 aromatic carbocycles. The molecule has 0 aliphatic carbocycles. The second kappa shape index (κ2) is 11.7. The van der Waals surface area contributed by atoms with Crippen molar-refractivity contribution >= 4 is 56.3 Å². The maximum Gasteiger partial charge on any atom is 0.270 e. The van der Waals surface area contributed by atoms with Crippen molar-refractivity contribution in [3.05, 3.63) is 75.6 Å². The van der Waals surface area contributed by atoms with Gasteiger partial charge in [0.2, 0.25) is 5.95 Å². The van der Waals surface area contributed by atoms with Gasteiger partial charge < -0.3 is 10.2 Å². The predicted octanol–water partition coefficient (Wildman–Crippen LogP) is 3.92. The summed E-state index contributed by atoms with van der Waals surface area (Å²) in [5, 5.41) is 16.7. The number of nitro groups is 1. The van der Waals surface area contributed by atoms with E-state index in [0.29, 0.717) is 22.8 Å². The number of aromatic nitrogens is 2. The highest BCUT2D eigenvalue weighted by Gasteiger charge is 2.23. The molecule has 3 N–H and O–H groups in total. The van der Waals surface area contributed by atoms with Gasteiger partial charge in [-0.1, -0.05) is 0 Å². The number of hydrogen-bond donors (Lipinski definition) is 3. The van der Waals surface area contributed by atoms with Crippen molar-refractivity contribution in [1.29, 1.82) is 0 Å². The number of non-ortho nitro benzene ring substituents is 1. The van der Waals surface area contributed by atoms with Crippen molar-refractivity contribution in [2.45, 2.75) is 38.0 Å². The van der Waals surface area contributed by atoms with Crippen LogP contribution in [0.15, 0.2) is 53.4 Å². The van der Waals surface area contributed by atoms with Crippen LogP contribution in [0.2, 0.25) is 0 Å². The normalized spacial score (nSPS) is 13.4. The van der Waals surface area contributed by atoms with Crippen LogP contribution in [0.3, 0.4) is 0 Å². The average Bonchev–Trinajstić information content (AvgIpc) is 2.88. The lowest BCUT2D eigenvalue weighted by Gasteiger charge is -2.30. The van der Waals surface area contributed by atoms with Gasteiger partial charge in [0.05, 0.1) is 21.1 Å². The molecule has 1 saturated heterocycles. The fraction of sp³-hybridized carbons (Fsp3) is 0.280. The van der Waals surface area contributed by atoms with Crippen molar-refractivity contribution in [3.8, 4) is 0 Å². The number of carbonyl (C=O) groups excluding carboxylic acids is 1. The number of nitrogens with one attached hydrogen (secondary N) is 3. The SMILES string of the molecule is Cc1cc(C)nc(NS(=O)(=O)c2ccc(NC(=S)NC(=O)c3cc([N+](=O)[O-])ccc3N3CCCCC3)cc2)n1. The monoisotopic (exact) mass is 569 g/mol. The van der Waals surface area contributed by atoms with Crippen LogP contribution >= 0.6 is 12.2 Å². The molecule has 3 aromatic rings. The quantitative estimate of drug-likeness (QED) is 0.216. The molecule has 1 aliphatic rings. The summed E-state index contributed by atoms with van der Waals surface area (Å²) in [6.45, 7) is 4.98. The van der Waals surface area contributed by atoms with Gasteiger partial charge >= 0.3 is 0 Å². The van der Waals surface area contributed by atoms with Crippen molar-refractivity contribution in [1.82, 2.24) is 15.3 Å². The minimum absolute atomic E-state index is 0.0199. The van der Waals surface area contributed by atoms with Crippen LogP contribution < -0.4 is 20.3 Å². The van der Waals surface area contributed by atoms with E-state index in [1.54, 1.807) is 26.0 Å². The second-order valence-electron chi connectivity index (χ2n) is 9.02. The number of sulfonamides is 1. The summed E-state index contributed by atoms with van der Waals surface area (Å²) in [7, 11) is -3.94. The van der Waals surface area contributed by atoms with Gasteiger partial charge in [-0.15, -0.1) is 0 Å². The van der Waals surface area contributed by atoms with E-state index in [1.807, 2.05) is 4.90 Å². The zero-order valence-electron chi connectivity index (χ0n) is 21.3. The molecule has 2 heterocycles. The van der Waals surface area contributed by atoms with E-state index in [0.717, 1.165) is 32.4 Å². The van der Waals surface area contributed by atoms with Gasteiger partial charge in [-0.25, -0.2) is 23.1 Å². The largest absolute Gasteiger partial charge is 0.371 e. The maximum absolute atomic E-state index is 13.1. The Morgan fingerprint density at radius 3 is 2.26 bits per heavy atom. The summed E-state index contributed by atoms with van der Waals surface area (Å²) in [5.74, 6) is -0.614. The molecule has 12 nitrogen and oxygen atoms in total. The highest BCUT2D eigenvalue weighted by molar-refractivity contribution is 7.92. The van der Waals surface area contributed by atoms with E-state index < -0.39 is 20.9 Å². The number of nitrogens with zero attached hydrogens (tertiary/aromatic N) is 4. The minimum atomic E-state index is -3.94. The number of nitro benzene ring substituents is 1. The lowest BCUT2D eigenvalue weighted by molar-refractivity contribution is -0.384. The van der Waals surface area contributed by atoms with Gasteiger partial charge in [-0.05, 0) is 81.7 Å². The Hall–Kier alpha value is -4.17. The van der Waals surface area contributed by atoms with Crippen LogP contribution in [0.4, 0.5) is 23.0 Å². The standard InChI is InChI=1S/C25H27N7O5S2/c1-16-14-17(2)27-24(26-16)30-39(36,37)20-9-6-18(7-10-20)28-25(38)29-23(33)21-15-19(32(34)35)8-11-22(21)31-12-4-3-5-13-31/h6-11,14-15H,3-5,12-13H2,1-2H3,(H,26,27,30)(H2,28,29,33,38). The van der Waals surface area contributed by atoms with Crippen molar-refractivity contribution in [2.75, 3.05) is 28.0 Å². The molecule has 39 heavy (non-hydrogen) atoms. The van der Waals surface area contributed by atoms with Crippen LogP contribution in [0.25, 0.3) is 0 Å². The molecule has 0 unspecified atom stereocenters. The van der Waals surface area contributed by atoms with Gasteiger partial charge in [-0.3, -0.25) is 20.2 Å². The Kier molecular flexibility index (Phi) is 8.35. The summed E-state index contributed by atoms with van der Waals surface area (Å²) >= 11 is 5.28. The first-order chi connectivity index (χ1) is 18.5. The van der Waals surface area contributed by atoms with Crippen molar-refractivity contribution in [2.24, 2.45) is 0 Å². The first-order valence-electron chi connectivity index (χ1n) is 12.1. The molecule has 0 spiro atoms. The van der Waals surface area contributed by atoms with E-state index in [9.17, 15) is 23.3 Å². The summed E-state index contributed by atoms with van der Waals surface area (Å²) < 4.78 is 27.9. The third-order valence-corrected chi connectivity index (χ3v) is 7.54. The number of amides is 1. The molecular weight excluding hydrogens is 542 g/mol. The number of thiocarbonyl (C=S) groups is 1. The van der Waals surface area contributed by atoms with Crippen LogP contribution in [-0.2, 0) is 10.0 Å². The lowest BCUT2D eigenvalue weighted by atomic mass is 10.1. The van der Waals surface area contributed by atoms with Crippen molar-refractivity contribution < 1.29 is 18.1 Å². The molecule has 0 saturated carbocycles. The zero-order valence-corrected chi connectivity index (χ0v) is 22.9. The van der Waals surface area contributed by atoms with E-state index >= 15 is 0 Å². The number of anilines is 3. The fourth-order valence-corrected chi connectivity index (χ4v) is 5.39. The number of benzene rings is 2. The number of hydrogen-bond acceptors (Lipinski definition) is 9. The molecule has 0 bridgehead atoms. The lowest BCUT2D eigenvalue weighted by Crippen LogP contribution is -2.36. The van der Waals surface area contributed by atoms with Gasteiger partial charge in [0.15, 0.2) is 5.11 Å². The van der Waals surface area contributed by atoms with E-state index in [1.165, 1.54) is 36.4 Å². The smallest absolute Gasteiger partial charge is 0.270 e. The Morgan fingerprint density at radius 2 is 1.64 bits per heavy atom. The van der Waals surface area contributed by atoms with Crippen LogP contribution in [0.5, 0.6) is 0 Å². The third-order valence-electron chi connectivity index (χ3n) is 5.99. The highest BCUT2D eigenvalue weighted by atomic mass is 32.2. The predicted molar refractivity (Wildman–Crippen MR) is 152 cm³/mol. The highest BCUT2D eigenvalue weighted by Crippen LogP contribution is 2.28. The number of piperidine rings is 1. The number of aryl methyl sites for hydroxylation is 2. The van der Waals surface area contributed by atoms with Crippen LogP contribution in [-0.4, -0.2) is 47.4 Å². The average molecular weight is 570 g/mol. The summed E-state index contributed by atoms with van der Waals surface area (Å²) in [6, 6.07) is 11.7. The molecular formula is C25H27N7O5S2. The van der Waals surface area contributed by atoms with Gasteiger partial charge in [0.1, 0.15) is 0 Å². The van der Waals surface area contributed by atoms with Crippen molar-refractivity contribution in [3.63, 3.8) is 0 Å². The van der Waals surface area contributed by atoms with E-state index in [2.05, 4.69) is 25.3 Å². The summed E-state index contributed by atoms with van der Waals surface area (Å²) in [4.78, 5) is 34.1. The molecule has 1 aliphatic heterocycles. The molecule has 0 radical (unpaired) electrons. The third kappa shape index (κ3) is 7.03. The van der Waals surface area contributed by atoms with Gasteiger partial charge in [-0.2, -0.15) is 0 Å². The fourth-order valence-electron chi connectivity index (χ4n) is 4.23. The number of rotatable bonds is 7. The van der Waals surface area contributed by atoms with E-state index in [-0.39, 0.29) is 27.2 Å². The molecule has 204 valence electrons. The maximum atomic E-state index is 13.1. The Balaban J connectivity index is 1.45. The second-order valence-corrected chi connectivity index (χ2v) is 11.1. The first-order valence-corrected chi connectivity index (χ1v) is 14.0. The zero-order chi connectivity index (χ0) is 28.2. The molecule has 14 heteroatoms. The van der Waals surface area contributed by atoms with E-state index in [4.69, 9.17) is 12.2 Å². The minimum Gasteiger partial charge on any atom is -0.371 e. The molecule has 1 fully saturated rings. The van der Waals surface area contributed by atoms with Crippen LogP contribution in [0, 0.1) is 24.0 Å². The first kappa shape index (κ1) is 27.9. The number of carbonyl (C=O) groups is 1. The topological polar surface area (TPSA) is 159 Å². The van der Waals surface area contributed by atoms with Gasteiger partial charge in [0, 0.05) is 42.3 Å². The molecule has 0 atom stereocenters. The molecule has 1 aromatic heterocycles.